The minimum absolute atomic E-state index is 0.310. The number of nitrogens with one attached hydrogen (secondary N) is 2. The molecule has 1 aliphatic heterocycles. The van der Waals surface area contributed by atoms with Crippen LogP contribution in [0.15, 0.2) is 42.7 Å². The van der Waals surface area contributed by atoms with Crippen molar-refractivity contribution in [3.63, 3.8) is 0 Å². The molecule has 2 aromatic rings. The molecule has 2 heterocycles. The Kier molecular flexibility index (Phi) is 5.25. The predicted octanol–water partition coefficient (Wildman–Crippen LogP) is 1.98. The fraction of sp³-hybridized carbons (Fsp3) is 0.368. The van der Waals surface area contributed by atoms with Crippen molar-refractivity contribution in [2.75, 3.05) is 11.9 Å². The van der Waals surface area contributed by atoms with Gasteiger partial charge in [0.2, 0.25) is 5.91 Å². The molecule has 0 radical (unpaired) electrons. The van der Waals surface area contributed by atoms with Crippen LogP contribution in [0.2, 0.25) is 0 Å². The molecule has 0 atom stereocenters. The number of imide groups is 1. The number of carbonyl (C=O) groups is 3. The van der Waals surface area contributed by atoms with Gasteiger partial charge in [0, 0.05) is 18.1 Å². The van der Waals surface area contributed by atoms with Gasteiger partial charge < -0.3 is 10.6 Å². The van der Waals surface area contributed by atoms with Crippen molar-refractivity contribution in [2.24, 2.45) is 0 Å². The van der Waals surface area contributed by atoms with E-state index in [2.05, 4.69) is 15.7 Å². The summed E-state index contributed by atoms with van der Waals surface area (Å²) in [7, 11) is 0. The highest BCUT2D eigenvalue weighted by Crippen LogP contribution is 2.24. The van der Waals surface area contributed by atoms with Crippen LogP contribution in [0.1, 0.15) is 32.3 Å². The molecule has 0 bridgehead atoms. The van der Waals surface area contributed by atoms with E-state index >= 15 is 0 Å². The summed E-state index contributed by atoms with van der Waals surface area (Å²) in [5.74, 6) is -0.766. The Morgan fingerprint density at radius 2 is 2.00 bits per heavy atom. The molecule has 8 nitrogen and oxygen atoms in total. The van der Waals surface area contributed by atoms with E-state index in [1.807, 2.05) is 44.3 Å². The maximum Gasteiger partial charge on any atom is 0.325 e. The molecule has 1 aromatic carbocycles. The molecule has 2 N–H and O–H groups in total. The van der Waals surface area contributed by atoms with Crippen molar-refractivity contribution >= 4 is 23.5 Å². The van der Waals surface area contributed by atoms with E-state index in [1.54, 1.807) is 16.9 Å². The Morgan fingerprint density at radius 1 is 1.22 bits per heavy atom. The number of benzene rings is 1. The third-order valence-corrected chi connectivity index (χ3v) is 4.87. The minimum atomic E-state index is -0.902. The van der Waals surface area contributed by atoms with Crippen molar-refractivity contribution in [1.29, 1.82) is 0 Å². The van der Waals surface area contributed by atoms with Crippen LogP contribution in [0.25, 0.3) is 0 Å². The zero-order valence-corrected chi connectivity index (χ0v) is 15.4. The van der Waals surface area contributed by atoms with E-state index < -0.39 is 17.5 Å². The largest absolute Gasteiger partial charge is 0.325 e. The minimum Gasteiger partial charge on any atom is -0.325 e. The van der Waals surface area contributed by atoms with E-state index in [4.69, 9.17) is 0 Å². The Bertz CT molecular complexity index is 843. The summed E-state index contributed by atoms with van der Waals surface area (Å²) in [6.07, 6.45) is 4.54. The highest BCUT2D eigenvalue weighted by molar-refractivity contribution is 6.10. The fourth-order valence-electron chi connectivity index (χ4n) is 3.22. The van der Waals surface area contributed by atoms with Crippen LogP contribution >= 0.6 is 0 Å². The molecule has 4 amide bonds. The zero-order chi connectivity index (χ0) is 19.4. The number of aromatic nitrogens is 2. The Labute approximate surface area is 157 Å². The molecule has 8 heteroatoms. The lowest BCUT2D eigenvalue weighted by Gasteiger charge is -2.23. The van der Waals surface area contributed by atoms with Gasteiger partial charge in [0.1, 0.15) is 12.1 Å². The summed E-state index contributed by atoms with van der Waals surface area (Å²) in [5.41, 5.74) is 0.678. The van der Waals surface area contributed by atoms with E-state index in [-0.39, 0.29) is 12.5 Å². The van der Waals surface area contributed by atoms with Crippen LogP contribution in [0.5, 0.6) is 0 Å². The lowest BCUT2D eigenvalue weighted by Crippen LogP contribution is -2.46. The quantitative estimate of drug-likeness (QED) is 0.730. The van der Waals surface area contributed by atoms with Gasteiger partial charge in [0.15, 0.2) is 0 Å². The third kappa shape index (κ3) is 3.84. The number of carbonyl (C=O) groups excluding carboxylic acids is 3. The number of urea groups is 1. The Hall–Kier alpha value is -3.16. The monoisotopic (exact) mass is 369 g/mol. The lowest BCUT2D eigenvalue weighted by atomic mass is 9.93. The first-order valence-electron chi connectivity index (χ1n) is 8.97. The Balaban J connectivity index is 1.64. The van der Waals surface area contributed by atoms with Crippen molar-refractivity contribution in [1.82, 2.24) is 20.0 Å². The van der Waals surface area contributed by atoms with E-state index in [1.165, 1.54) is 0 Å². The molecule has 142 valence electrons. The summed E-state index contributed by atoms with van der Waals surface area (Å²) < 4.78 is 1.78. The molecule has 1 aliphatic rings. The number of nitrogens with zero attached hydrogens (tertiary/aromatic N) is 3. The smallest absolute Gasteiger partial charge is 0.325 e. The van der Waals surface area contributed by atoms with Crippen LogP contribution in [0.4, 0.5) is 10.5 Å². The first-order valence-corrected chi connectivity index (χ1v) is 8.97. The van der Waals surface area contributed by atoms with Crippen molar-refractivity contribution < 1.29 is 14.4 Å². The van der Waals surface area contributed by atoms with Crippen LogP contribution in [0, 0.1) is 0 Å². The lowest BCUT2D eigenvalue weighted by molar-refractivity contribution is -0.134. The summed E-state index contributed by atoms with van der Waals surface area (Å²) in [4.78, 5) is 38.1. The third-order valence-electron chi connectivity index (χ3n) is 4.87. The standard InChI is InChI=1S/C19H23N5O3/c1-3-19(4-2)17(26)24(18(27)22-19)13-16(25)21-15-8-5-7-14(11-15)12-23-10-6-9-20-23/h5-11H,3-4,12-13H2,1-2H3,(H,21,25)(H,22,27). The summed E-state index contributed by atoms with van der Waals surface area (Å²) in [6, 6.07) is 8.70. The number of amides is 4. The number of hydrogen-bond donors (Lipinski definition) is 2. The molecular weight excluding hydrogens is 346 g/mol. The summed E-state index contributed by atoms with van der Waals surface area (Å²) in [6.45, 7) is 3.96. The van der Waals surface area contributed by atoms with Gasteiger partial charge in [-0.2, -0.15) is 5.10 Å². The van der Waals surface area contributed by atoms with Gasteiger partial charge >= 0.3 is 6.03 Å². The fourth-order valence-corrected chi connectivity index (χ4v) is 3.22. The first-order chi connectivity index (χ1) is 13.0. The topological polar surface area (TPSA) is 96.3 Å². The molecule has 3 rings (SSSR count). The highest BCUT2D eigenvalue weighted by Gasteiger charge is 2.49. The molecular formula is C19H23N5O3. The number of hydrogen-bond acceptors (Lipinski definition) is 4. The average Bonchev–Trinajstić information content (AvgIpc) is 3.24. The molecule has 1 saturated heterocycles. The second-order valence-corrected chi connectivity index (χ2v) is 6.56. The van der Waals surface area contributed by atoms with E-state index in [9.17, 15) is 14.4 Å². The van der Waals surface area contributed by atoms with Gasteiger partial charge in [-0.25, -0.2) is 4.79 Å². The maximum absolute atomic E-state index is 12.6. The summed E-state index contributed by atoms with van der Waals surface area (Å²) in [5, 5.41) is 9.63. The van der Waals surface area contributed by atoms with Crippen molar-refractivity contribution in [3.05, 3.63) is 48.3 Å². The van der Waals surface area contributed by atoms with Gasteiger partial charge in [0.05, 0.1) is 6.54 Å². The molecule has 27 heavy (non-hydrogen) atoms. The molecule has 0 saturated carbocycles. The average molecular weight is 369 g/mol. The van der Waals surface area contributed by atoms with E-state index in [0.717, 1.165) is 10.5 Å². The second kappa shape index (κ2) is 7.61. The predicted molar refractivity (Wildman–Crippen MR) is 100.0 cm³/mol. The van der Waals surface area contributed by atoms with Gasteiger partial charge in [-0.15, -0.1) is 0 Å². The van der Waals surface area contributed by atoms with Gasteiger partial charge in [-0.1, -0.05) is 26.0 Å². The van der Waals surface area contributed by atoms with Gasteiger partial charge in [-0.3, -0.25) is 19.2 Å². The molecule has 0 spiro atoms. The van der Waals surface area contributed by atoms with Gasteiger partial charge in [-0.05, 0) is 36.6 Å². The first kappa shape index (κ1) is 18.6. The van der Waals surface area contributed by atoms with Crippen molar-refractivity contribution in [3.8, 4) is 0 Å². The normalized spacial score (nSPS) is 15.7. The van der Waals surface area contributed by atoms with Crippen molar-refractivity contribution in [2.45, 2.75) is 38.8 Å². The Morgan fingerprint density at radius 3 is 2.63 bits per heavy atom. The van der Waals surface area contributed by atoms with Gasteiger partial charge in [0.25, 0.3) is 5.91 Å². The highest BCUT2D eigenvalue weighted by atomic mass is 16.2. The molecule has 1 fully saturated rings. The second-order valence-electron chi connectivity index (χ2n) is 6.56. The molecule has 0 unspecified atom stereocenters. The van der Waals surface area contributed by atoms with Crippen LogP contribution in [-0.4, -0.2) is 44.6 Å². The van der Waals surface area contributed by atoms with Crippen LogP contribution in [0.3, 0.4) is 0 Å². The van der Waals surface area contributed by atoms with E-state index in [0.29, 0.717) is 25.1 Å². The maximum atomic E-state index is 12.6. The number of anilines is 1. The van der Waals surface area contributed by atoms with Crippen LogP contribution < -0.4 is 10.6 Å². The summed E-state index contributed by atoms with van der Waals surface area (Å²) >= 11 is 0. The van der Waals surface area contributed by atoms with Crippen LogP contribution in [-0.2, 0) is 16.1 Å². The molecule has 1 aromatic heterocycles. The zero-order valence-electron chi connectivity index (χ0n) is 15.4. The number of rotatable bonds is 7. The molecule has 0 aliphatic carbocycles. The SMILES string of the molecule is CCC1(CC)NC(=O)N(CC(=O)Nc2cccc(Cn3cccn3)c2)C1=O.